The second kappa shape index (κ2) is 6.08. The fourth-order valence-corrected chi connectivity index (χ4v) is 3.50. The lowest BCUT2D eigenvalue weighted by Gasteiger charge is -2.23. The third kappa shape index (κ3) is 4.42. The molecule has 1 aliphatic rings. The largest absolute Gasteiger partial charge is 0.478 e. The average Bonchev–Trinajstić information content (AvgIpc) is 2.41. The van der Waals surface area contributed by atoms with Crippen molar-refractivity contribution in [2.75, 3.05) is 16.8 Å². The standard InChI is InChI=1S/C12H15N3O5S/c16-11(17)8-5-10(7-13-6-8)15-12(18)14-9-1-3-21(19,20)4-2-9/h5-7,9H,1-4H2,(H,16,17)(H2,14,15,18). The summed E-state index contributed by atoms with van der Waals surface area (Å²) in [5.41, 5.74) is 0.229. The Hall–Kier alpha value is -2.16. The number of nitrogens with zero attached hydrogens (tertiary/aromatic N) is 1. The fourth-order valence-electron chi connectivity index (χ4n) is 2.01. The van der Waals surface area contributed by atoms with Gasteiger partial charge < -0.3 is 15.7 Å². The molecule has 2 amide bonds. The molecule has 1 fully saturated rings. The Labute approximate surface area is 121 Å². The molecular weight excluding hydrogens is 298 g/mol. The number of aromatic nitrogens is 1. The second-order valence-corrected chi connectivity index (χ2v) is 7.10. The third-order valence-corrected chi connectivity index (χ3v) is 4.85. The lowest BCUT2D eigenvalue weighted by atomic mass is 10.2. The Morgan fingerprint density at radius 1 is 1.24 bits per heavy atom. The van der Waals surface area contributed by atoms with E-state index in [9.17, 15) is 18.0 Å². The lowest BCUT2D eigenvalue weighted by Crippen LogP contribution is -2.42. The zero-order chi connectivity index (χ0) is 15.5. The highest BCUT2D eigenvalue weighted by Crippen LogP contribution is 2.13. The summed E-state index contributed by atoms with van der Waals surface area (Å²) >= 11 is 0. The lowest BCUT2D eigenvalue weighted by molar-refractivity contribution is 0.0696. The summed E-state index contributed by atoms with van der Waals surface area (Å²) in [6.07, 6.45) is 3.26. The van der Waals surface area contributed by atoms with E-state index >= 15 is 0 Å². The third-order valence-electron chi connectivity index (χ3n) is 3.13. The summed E-state index contributed by atoms with van der Waals surface area (Å²) in [4.78, 5) is 26.3. The SMILES string of the molecule is O=C(Nc1cncc(C(=O)O)c1)NC1CCS(=O)(=O)CC1. The molecule has 0 aromatic carbocycles. The molecule has 0 spiro atoms. The number of anilines is 1. The molecular formula is C12H15N3O5S. The van der Waals surface area contributed by atoms with Crippen LogP contribution in [0.25, 0.3) is 0 Å². The van der Waals surface area contributed by atoms with Gasteiger partial charge in [0, 0.05) is 12.2 Å². The van der Waals surface area contributed by atoms with Gasteiger partial charge in [0.2, 0.25) is 0 Å². The van der Waals surface area contributed by atoms with Crippen LogP contribution in [0.15, 0.2) is 18.5 Å². The van der Waals surface area contributed by atoms with Gasteiger partial charge in [-0.05, 0) is 18.9 Å². The fraction of sp³-hybridized carbons (Fsp3) is 0.417. The van der Waals surface area contributed by atoms with Crippen molar-refractivity contribution in [2.24, 2.45) is 0 Å². The Morgan fingerprint density at radius 3 is 2.52 bits per heavy atom. The van der Waals surface area contributed by atoms with E-state index in [0.717, 1.165) is 0 Å². The minimum Gasteiger partial charge on any atom is -0.478 e. The van der Waals surface area contributed by atoms with Gasteiger partial charge in [0.15, 0.2) is 0 Å². The van der Waals surface area contributed by atoms with Crippen molar-refractivity contribution in [3.8, 4) is 0 Å². The van der Waals surface area contributed by atoms with Gasteiger partial charge in [-0.2, -0.15) is 0 Å². The summed E-state index contributed by atoms with van der Waals surface area (Å²) in [6, 6.07) is 0.577. The summed E-state index contributed by atoms with van der Waals surface area (Å²) in [7, 11) is -2.97. The molecule has 0 unspecified atom stereocenters. The molecule has 3 N–H and O–H groups in total. The normalized spacial score (nSPS) is 17.9. The molecule has 1 aromatic heterocycles. The van der Waals surface area contributed by atoms with Gasteiger partial charge in [0.1, 0.15) is 9.84 Å². The smallest absolute Gasteiger partial charge is 0.337 e. The molecule has 2 heterocycles. The van der Waals surface area contributed by atoms with Crippen LogP contribution < -0.4 is 10.6 Å². The van der Waals surface area contributed by atoms with Crippen LogP contribution in [0.4, 0.5) is 10.5 Å². The number of carboxylic acids is 1. The zero-order valence-electron chi connectivity index (χ0n) is 11.1. The number of hydrogen-bond acceptors (Lipinski definition) is 5. The number of rotatable bonds is 3. The molecule has 8 nitrogen and oxygen atoms in total. The predicted octanol–water partition coefficient (Wildman–Crippen LogP) is 0.478. The monoisotopic (exact) mass is 313 g/mol. The van der Waals surface area contributed by atoms with Crippen molar-refractivity contribution >= 4 is 27.5 Å². The Balaban J connectivity index is 1.90. The summed E-state index contributed by atoms with van der Waals surface area (Å²) in [6.45, 7) is 0. The summed E-state index contributed by atoms with van der Waals surface area (Å²) in [5.74, 6) is -1.01. The number of urea groups is 1. The van der Waals surface area contributed by atoms with E-state index in [1.807, 2.05) is 0 Å². The molecule has 9 heteroatoms. The van der Waals surface area contributed by atoms with Gasteiger partial charge in [-0.3, -0.25) is 4.98 Å². The minimum atomic E-state index is -2.97. The number of pyridine rings is 1. The number of carbonyl (C=O) groups is 2. The predicted molar refractivity (Wildman–Crippen MR) is 75.0 cm³/mol. The highest BCUT2D eigenvalue weighted by molar-refractivity contribution is 7.91. The van der Waals surface area contributed by atoms with E-state index in [-0.39, 0.29) is 28.8 Å². The van der Waals surface area contributed by atoms with Gasteiger partial charge >= 0.3 is 12.0 Å². The van der Waals surface area contributed by atoms with Gasteiger partial charge in [-0.25, -0.2) is 18.0 Å². The van der Waals surface area contributed by atoms with Crippen molar-refractivity contribution in [3.05, 3.63) is 24.0 Å². The Morgan fingerprint density at radius 2 is 1.90 bits per heavy atom. The number of hydrogen-bond donors (Lipinski definition) is 3. The van der Waals surface area contributed by atoms with Crippen molar-refractivity contribution in [3.63, 3.8) is 0 Å². The maximum atomic E-state index is 11.8. The average molecular weight is 313 g/mol. The van der Waals surface area contributed by atoms with Crippen LogP contribution in [-0.4, -0.2) is 48.1 Å². The molecule has 1 aromatic rings. The van der Waals surface area contributed by atoms with Crippen LogP contribution >= 0.6 is 0 Å². The van der Waals surface area contributed by atoms with E-state index in [1.165, 1.54) is 18.5 Å². The first-order valence-electron chi connectivity index (χ1n) is 6.32. The first kappa shape index (κ1) is 15.2. The first-order chi connectivity index (χ1) is 9.85. The number of sulfone groups is 1. The van der Waals surface area contributed by atoms with Crippen molar-refractivity contribution in [1.82, 2.24) is 10.3 Å². The first-order valence-corrected chi connectivity index (χ1v) is 8.14. The van der Waals surface area contributed by atoms with Gasteiger partial charge in [-0.15, -0.1) is 0 Å². The maximum absolute atomic E-state index is 11.8. The van der Waals surface area contributed by atoms with Crippen molar-refractivity contribution < 1.29 is 23.1 Å². The molecule has 0 atom stereocenters. The van der Waals surface area contributed by atoms with E-state index in [2.05, 4.69) is 15.6 Å². The van der Waals surface area contributed by atoms with E-state index < -0.39 is 21.8 Å². The van der Waals surface area contributed by atoms with Crippen molar-refractivity contribution in [1.29, 1.82) is 0 Å². The number of carboxylic acid groups (broad SMARTS) is 1. The molecule has 0 saturated carbocycles. The summed E-state index contributed by atoms with van der Waals surface area (Å²) < 4.78 is 22.6. The van der Waals surface area contributed by atoms with Gasteiger partial charge in [0.25, 0.3) is 0 Å². The highest BCUT2D eigenvalue weighted by Gasteiger charge is 2.24. The molecule has 1 saturated heterocycles. The second-order valence-electron chi connectivity index (χ2n) is 4.79. The minimum absolute atomic E-state index is 0.0310. The van der Waals surface area contributed by atoms with E-state index in [4.69, 9.17) is 5.11 Å². The zero-order valence-corrected chi connectivity index (χ0v) is 11.9. The summed E-state index contributed by atoms with van der Waals surface area (Å²) in [5, 5.41) is 14.0. The molecule has 114 valence electrons. The molecule has 0 bridgehead atoms. The molecule has 21 heavy (non-hydrogen) atoms. The van der Waals surface area contributed by atoms with Crippen LogP contribution in [-0.2, 0) is 9.84 Å². The van der Waals surface area contributed by atoms with Gasteiger partial charge in [0.05, 0.1) is 29.0 Å². The number of amides is 2. The molecule has 0 aliphatic carbocycles. The number of carbonyl (C=O) groups excluding carboxylic acids is 1. The molecule has 0 radical (unpaired) electrons. The number of aromatic carboxylic acids is 1. The van der Waals surface area contributed by atoms with Crippen LogP contribution in [0.2, 0.25) is 0 Å². The van der Waals surface area contributed by atoms with Crippen LogP contribution in [0.3, 0.4) is 0 Å². The van der Waals surface area contributed by atoms with Crippen LogP contribution in [0.5, 0.6) is 0 Å². The Bertz CT molecular complexity index is 645. The number of nitrogens with one attached hydrogen (secondary N) is 2. The topological polar surface area (TPSA) is 125 Å². The molecule has 1 aliphatic heterocycles. The Kier molecular flexibility index (Phi) is 4.41. The molecule has 2 rings (SSSR count). The van der Waals surface area contributed by atoms with Crippen LogP contribution in [0, 0.1) is 0 Å². The van der Waals surface area contributed by atoms with Crippen molar-refractivity contribution in [2.45, 2.75) is 18.9 Å². The van der Waals surface area contributed by atoms with E-state index in [1.54, 1.807) is 0 Å². The van der Waals surface area contributed by atoms with Crippen LogP contribution in [0.1, 0.15) is 23.2 Å². The van der Waals surface area contributed by atoms with Gasteiger partial charge in [-0.1, -0.05) is 0 Å². The maximum Gasteiger partial charge on any atom is 0.337 e. The highest BCUT2D eigenvalue weighted by atomic mass is 32.2. The quantitative estimate of drug-likeness (QED) is 0.745. The van der Waals surface area contributed by atoms with E-state index in [0.29, 0.717) is 12.8 Å².